The second kappa shape index (κ2) is 9.24. The van der Waals surface area contributed by atoms with Crippen LogP contribution >= 0.6 is 11.8 Å². The first-order valence-electron chi connectivity index (χ1n) is 10.6. The van der Waals surface area contributed by atoms with Crippen molar-refractivity contribution in [2.45, 2.75) is 42.8 Å². The fraction of sp³-hybridized carbons (Fsp3) is 0.409. The maximum Gasteiger partial charge on any atom is 0.416 e. The normalized spacial score (nSPS) is 14.6. The fourth-order valence-electron chi connectivity index (χ4n) is 4.02. The number of alkyl halides is 3. The average molecular weight is 494 g/mol. The van der Waals surface area contributed by atoms with Crippen LogP contribution in [-0.2, 0) is 25.1 Å². The Morgan fingerprint density at radius 1 is 1.15 bits per heavy atom. The van der Waals surface area contributed by atoms with Crippen molar-refractivity contribution in [3.63, 3.8) is 0 Å². The molecular formula is C22H22F3N5O3S. The summed E-state index contributed by atoms with van der Waals surface area (Å²) in [6.45, 7) is 0. The van der Waals surface area contributed by atoms with E-state index >= 15 is 0 Å². The van der Waals surface area contributed by atoms with E-state index in [1.807, 2.05) is 0 Å². The quantitative estimate of drug-likeness (QED) is 0.432. The lowest BCUT2D eigenvalue weighted by molar-refractivity contribution is -0.137. The second-order valence-corrected chi connectivity index (χ2v) is 9.15. The number of benzene rings is 1. The number of hydrogen-bond donors (Lipinski definition) is 1. The minimum absolute atomic E-state index is 0.0120. The molecule has 1 saturated carbocycles. The predicted molar refractivity (Wildman–Crippen MR) is 122 cm³/mol. The zero-order valence-corrected chi connectivity index (χ0v) is 19.3. The van der Waals surface area contributed by atoms with E-state index in [2.05, 4.69) is 15.3 Å². The number of thioether (sulfide) groups is 1. The highest BCUT2D eigenvalue weighted by Gasteiger charge is 2.30. The number of fused-ring (bicyclic) bond motifs is 1. The fourth-order valence-corrected chi connectivity index (χ4v) is 4.84. The second-order valence-electron chi connectivity index (χ2n) is 8.19. The zero-order valence-electron chi connectivity index (χ0n) is 18.5. The highest BCUT2D eigenvalue weighted by atomic mass is 32.2. The van der Waals surface area contributed by atoms with Crippen LogP contribution in [0.3, 0.4) is 0 Å². The Bertz CT molecular complexity index is 1380. The van der Waals surface area contributed by atoms with Gasteiger partial charge in [-0.25, -0.2) is 14.8 Å². The Hall–Kier alpha value is -3.15. The van der Waals surface area contributed by atoms with Crippen molar-refractivity contribution in [3.8, 4) is 0 Å². The standard InChI is InChI=1S/C22H22F3N5O3S/c1-29-18-16(20(32)30(2)21(29)33)19(28-17(27-18)12-6-3-4-7-12)34-11-15(31)26-14-9-5-8-13(10-14)22(23,24)25/h5,8-10,12H,3-4,6-7,11H2,1-2H3,(H,26,31). The number of aryl methyl sites for hydroxylation is 1. The number of anilines is 1. The maximum absolute atomic E-state index is 12.9. The monoisotopic (exact) mass is 493 g/mol. The van der Waals surface area contributed by atoms with Gasteiger partial charge in [0.2, 0.25) is 5.91 Å². The van der Waals surface area contributed by atoms with E-state index in [1.54, 1.807) is 0 Å². The third-order valence-corrected chi connectivity index (χ3v) is 6.79. The number of halogens is 3. The van der Waals surface area contributed by atoms with Gasteiger partial charge in [-0.2, -0.15) is 13.2 Å². The number of amides is 1. The summed E-state index contributed by atoms with van der Waals surface area (Å²) in [5, 5.41) is 2.84. The summed E-state index contributed by atoms with van der Waals surface area (Å²) in [5.74, 6) is -0.130. The zero-order chi connectivity index (χ0) is 24.6. The van der Waals surface area contributed by atoms with Gasteiger partial charge in [-0.05, 0) is 31.0 Å². The van der Waals surface area contributed by atoms with Gasteiger partial charge in [0.1, 0.15) is 16.2 Å². The van der Waals surface area contributed by atoms with Gasteiger partial charge in [-0.15, -0.1) is 0 Å². The Morgan fingerprint density at radius 2 is 1.85 bits per heavy atom. The minimum atomic E-state index is -4.53. The molecule has 2 heterocycles. The molecule has 1 aliphatic rings. The van der Waals surface area contributed by atoms with E-state index < -0.39 is 28.9 Å². The molecule has 0 saturated heterocycles. The summed E-state index contributed by atoms with van der Waals surface area (Å²) in [7, 11) is 2.87. The van der Waals surface area contributed by atoms with Crippen molar-refractivity contribution in [2.24, 2.45) is 14.1 Å². The molecular weight excluding hydrogens is 471 g/mol. The summed E-state index contributed by atoms with van der Waals surface area (Å²) < 4.78 is 41.0. The number of hydrogen-bond acceptors (Lipinski definition) is 6. The number of rotatable bonds is 5. The largest absolute Gasteiger partial charge is 0.416 e. The lowest BCUT2D eigenvalue weighted by Crippen LogP contribution is -2.38. The van der Waals surface area contributed by atoms with Crippen molar-refractivity contribution in [3.05, 3.63) is 56.5 Å². The van der Waals surface area contributed by atoms with Crippen LogP contribution in [0.5, 0.6) is 0 Å². The van der Waals surface area contributed by atoms with Crippen LogP contribution in [0.15, 0.2) is 38.9 Å². The van der Waals surface area contributed by atoms with Gasteiger partial charge in [0.05, 0.1) is 11.3 Å². The Balaban J connectivity index is 1.65. The van der Waals surface area contributed by atoms with Gasteiger partial charge >= 0.3 is 11.9 Å². The third-order valence-electron chi connectivity index (χ3n) is 5.82. The Labute approximate surface area is 196 Å². The maximum atomic E-state index is 12.9. The molecule has 3 aromatic rings. The van der Waals surface area contributed by atoms with Crippen LogP contribution in [0.25, 0.3) is 11.0 Å². The van der Waals surface area contributed by atoms with E-state index in [1.165, 1.54) is 30.8 Å². The van der Waals surface area contributed by atoms with Gasteiger partial charge in [0.25, 0.3) is 5.56 Å². The van der Waals surface area contributed by atoms with Gasteiger partial charge in [0.15, 0.2) is 5.65 Å². The molecule has 0 spiro atoms. The number of aromatic nitrogens is 4. The molecule has 12 heteroatoms. The van der Waals surface area contributed by atoms with Crippen molar-refractivity contribution < 1.29 is 18.0 Å². The van der Waals surface area contributed by atoms with Crippen molar-refractivity contribution >= 4 is 34.4 Å². The molecule has 0 unspecified atom stereocenters. The molecule has 1 N–H and O–H groups in total. The van der Waals surface area contributed by atoms with E-state index in [9.17, 15) is 27.6 Å². The molecule has 1 aromatic carbocycles. The highest BCUT2D eigenvalue weighted by Crippen LogP contribution is 2.34. The van der Waals surface area contributed by atoms with Crippen LogP contribution < -0.4 is 16.6 Å². The van der Waals surface area contributed by atoms with E-state index in [0.29, 0.717) is 5.82 Å². The predicted octanol–water partition coefficient (Wildman–Crippen LogP) is 3.43. The first-order valence-corrected chi connectivity index (χ1v) is 11.6. The molecule has 0 radical (unpaired) electrons. The summed E-state index contributed by atoms with van der Waals surface area (Å²) in [4.78, 5) is 46.9. The summed E-state index contributed by atoms with van der Waals surface area (Å²) in [6.07, 6.45) is -0.677. The molecule has 1 fully saturated rings. The van der Waals surface area contributed by atoms with E-state index in [4.69, 9.17) is 0 Å². The first kappa shape index (κ1) is 24.0. The van der Waals surface area contributed by atoms with Crippen LogP contribution in [0.2, 0.25) is 0 Å². The number of nitrogens with zero attached hydrogens (tertiary/aromatic N) is 4. The van der Waals surface area contributed by atoms with Crippen LogP contribution in [0.1, 0.15) is 43.0 Å². The third kappa shape index (κ3) is 4.72. The smallest absolute Gasteiger partial charge is 0.325 e. The molecule has 0 atom stereocenters. The Morgan fingerprint density at radius 3 is 2.53 bits per heavy atom. The van der Waals surface area contributed by atoms with Gasteiger partial charge in [0, 0.05) is 25.7 Å². The lowest BCUT2D eigenvalue weighted by atomic mass is 10.1. The molecule has 4 rings (SSSR count). The van der Waals surface area contributed by atoms with Crippen molar-refractivity contribution in [1.29, 1.82) is 0 Å². The molecule has 2 aromatic heterocycles. The average Bonchev–Trinajstić information content (AvgIpc) is 3.34. The van der Waals surface area contributed by atoms with E-state index in [0.717, 1.165) is 54.1 Å². The molecule has 34 heavy (non-hydrogen) atoms. The van der Waals surface area contributed by atoms with Crippen molar-refractivity contribution in [2.75, 3.05) is 11.1 Å². The van der Waals surface area contributed by atoms with Gasteiger partial charge in [-0.3, -0.25) is 18.7 Å². The molecule has 1 amide bonds. The van der Waals surface area contributed by atoms with Crippen LogP contribution in [0.4, 0.5) is 18.9 Å². The first-order chi connectivity index (χ1) is 16.1. The number of carbonyl (C=O) groups is 1. The van der Waals surface area contributed by atoms with Gasteiger partial charge < -0.3 is 5.32 Å². The molecule has 0 bridgehead atoms. The molecule has 8 nitrogen and oxygen atoms in total. The summed E-state index contributed by atoms with van der Waals surface area (Å²) in [6, 6.07) is 4.34. The lowest BCUT2D eigenvalue weighted by Gasteiger charge is -2.14. The summed E-state index contributed by atoms with van der Waals surface area (Å²) >= 11 is 0.983. The minimum Gasteiger partial charge on any atom is -0.325 e. The van der Waals surface area contributed by atoms with Crippen LogP contribution in [0, 0.1) is 0 Å². The van der Waals surface area contributed by atoms with Crippen LogP contribution in [-0.4, -0.2) is 30.8 Å². The highest BCUT2D eigenvalue weighted by molar-refractivity contribution is 8.00. The molecule has 180 valence electrons. The molecule has 1 aliphatic carbocycles. The van der Waals surface area contributed by atoms with Crippen molar-refractivity contribution in [1.82, 2.24) is 19.1 Å². The Kier molecular flexibility index (Phi) is 6.52. The topological polar surface area (TPSA) is 98.9 Å². The van der Waals surface area contributed by atoms with Gasteiger partial charge in [-0.1, -0.05) is 30.7 Å². The molecule has 0 aliphatic heterocycles. The summed E-state index contributed by atoms with van der Waals surface area (Å²) in [5.41, 5.74) is -1.75. The van der Waals surface area contributed by atoms with E-state index in [-0.39, 0.29) is 33.4 Å². The number of nitrogens with one attached hydrogen (secondary N) is 1. The number of carbonyl (C=O) groups excluding carboxylic acids is 1. The SMILES string of the molecule is Cn1c(=O)c2c(SCC(=O)Nc3cccc(C(F)(F)F)c3)nc(C3CCCC3)nc2n(C)c1=O.